The molecule has 2 aromatic rings. The van der Waals surface area contributed by atoms with Gasteiger partial charge in [-0.25, -0.2) is 0 Å². The number of carbonyl (C=O) groups excluding carboxylic acids is 1. The molecule has 24 heavy (non-hydrogen) atoms. The summed E-state index contributed by atoms with van der Waals surface area (Å²) in [5.41, 5.74) is 5.95. The van der Waals surface area contributed by atoms with Gasteiger partial charge in [0.15, 0.2) is 0 Å². The molecule has 0 radical (unpaired) electrons. The van der Waals surface area contributed by atoms with Gasteiger partial charge in [0, 0.05) is 17.4 Å². The summed E-state index contributed by atoms with van der Waals surface area (Å²) in [5, 5.41) is 3.18. The molecule has 126 valence electrons. The molecule has 0 aliphatic carbocycles. The minimum absolute atomic E-state index is 0.0640. The monoisotopic (exact) mass is 322 g/mol. The van der Waals surface area contributed by atoms with Crippen LogP contribution in [-0.4, -0.2) is 18.5 Å². The number of nitrogens with one attached hydrogen (secondary N) is 1. The van der Waals surface area contributed by atoms with Crippen molar-refractivity contribution in [3.05, 3.63) is 59.2 Å². The fraction of sp³-hybridized carbons (Fsp3) is 0.381. The van der Waals surface area contributed by atoms with E-state index in [0.29, 0.717) is 12.6 Å². The number of fused-ring (bicyclic) bond motifs is 1. The highest BCUT2D eigenvalue weighted by atomic mass is 16.2. The van der Waals surface area contributed by atoms with Crippen LogP contribution >= 0.6 is 0 Å². The van der Waals surface area contributed by atoms with Crippen LogP contribution in [0.15, 0.2) is 42.5 Å². The molecule has 0 saturated heterocycles. The third-order valence-electron chi connectivity index (χ3n) is 4.93. The molecule has 3 nitrogen and oxygen atoms in total. The number of hydrogen-bond donors (Lipinski definition) is 1. The van der Waals surface area contributed by atoms with Gasteiger partial charge in [-0.2, -0.15) is 0 Å². The first kappa shape index (κ1) is 16.6. The molecule has 1 amide bonds. The third kappa shape index (κ3) is 3.16. The van der Waals surface area contributed by atoms with Gasteiger partial charge in [-0.1, -0.05) is 50.2 Å². The first-order valence-electron chi connectivity index (χ1n) is 8.89. The van der Waals surface area contributed by atoms with Crippen LogP contribution in [0.5, 0.6) is 0 Å². The zero-order chi connectivity index (χ0) is 17.1. The van der Waals surface area contributed by atoms with Gasteiger partial charge in [-0.15, -0.1) is 0 Å². The smallest absolute Gasteiger partial charge is 0.243 e. The van der Waals surface area contributed by atoms with Crippen molar-refractivity contribution >= 4 is 17.3 Å². The van der Waals surface area contributed by atoms with Crippen LogP contribution in [0.4, 0.5) is 11.4 Å². The normalized spacial score (nSPS) is 16.1. The number of aryl methyl sites for hydroxylation is 2. The van der Waals surface area contributed by atoms with Gasteiger partial charge < -0.3 is 10.2 Å². The minimum atomic E-state index is 0.0640. The molecule has 1 aliphatic heterocycles. The summed E-state index contributed by atoms with van der Waals surface area (Å²) in [5.74, 6) is 0.0640. The number of anilines is 2. The number of rotatable bonds is 5. The highest BCUT2D eigenvalue weighted by molar-refractivity contribution is 5.96. The first-order valence-corrected chi connectivity index (χ1v) is 8.89. The van der Waals surface area contributed by atoms with E-state index in [1.165, 1.54) is 22.4 Å². The molecular weight excluding hydrogens is 296 g/mol. The van der Waals surface area contributed by atoms with E-state index in [2.05, 4.69) is 67.4 Å². The maximum atomic E-state index is 12.7. The zero-order valence-electron chi connectivity index (χ0n) is 14.8. The van der Waals surface area contributed by atoms with E-state index < -0.39 is 0 Å². The topological polar surface area (TPSA) is 32.3 Å². The quantitative estimate of drug-likeness (QED) is 0.895. The molecule has 1 heterocycles. The van der Waals surface area contributed by atoms with Crippen molar-refractivity contribution < 1.29 is 4.79 Å². The Morgan fingerprint density at radius 3 is 2.42 bits per heavy atom. The number of carbonyl (C=O) groups is 1. The van der Waals surface area contributed by atoms with Gasteiger partial charge in [0.25, 0.3) is 0 Å². The zero-order valence-corrected chi connectivity index (χ0v) is 14.8. The molecule has 1 aliphatic rings. The second-order valence-electron chi connectivity index (χ2n) is 6.52. The molecule has 3 rings (SSSR count). The lowest BCUT2D eigenvalue weighted by molar-refractivity contribution is -0.115. The SMILES string of the molecule is CCc1cccc(CC)c1NC(=O)CN1c2ccccc2C[C@H]1C. The van der Waals surface area contributed by atoms with Crippen LogP contribution in [0.2, 0.25) is 0 Å². The Morgan fingerprint density at radius 1 is 1.08 bits per heavy atom. The first-order chi connectivity index (χ1) is 11.6. The molecule has 1 atom stereocenters. The van der Waals surface area contributed by atoms with Gasteiger partial charge in [-0.05, 0) is 48.9 Å². The van der Waals surface area contributed by atoms with Crippen LogP contribution in [0.25, 0.3) is 0 Å². The van der Waals surface area contributed by atoms with Crippen molar-refractivity contribution in [1.29, 1.82) is 0 Å². The van der Waals surface area contributed by atoms with E-state index in [0.717, 1.165) is 24.9 Å². The summed E-state index contributed by atoms with van der Waals surface area (Å²) in [6.07, 6.45) is 2.86. The lowest BCUT2D eigenvalue weighted by atomic mass is 10.0. The maximum absolute atomic E-state index is 12.7. The van der Waals surface area contributed by atoms with Crippen molar-refractivity contribution in [2.24, 2.45) is 0 Å². The molecule has 0 saturated carbocycles. The van der Waals surface area contributed by atoms with Crippen LogP contribution in [0.3, 0.4) is 0 Å². The van der Waals surface area contributed by atoms with Crippen molar-refractivity contribution in [3.63, 3.8) is 0 Å². The third-order valence-corrected chi connectivity index (χ3v) is 4.93. The second-order valence-corrected chi connectivity index (χ2v) is 6.52. The summed E-state index contributed by atoms with van der Waals surface area (Å²) >= 11 is 0. The van der Waals surface area contributed by atoms with Gasteiger partial charge in [0.2, 0.25) is 5.91 Å². The number of hydrogen-bond acceptors (Lipinski definition) is 2. The Labute approximate surface area is 144 Å². The summed E-state index contributed by atoms with van der Waals surface area (Å²) in [6, 6.07) is 15.0. The predicted molar refractivity (Wildman–Crippen MR) is 101 cm³/mol. The molecule has 0 aromatic heterocycles. The molecule has 0 unspecified atom stereocenters. The summed E-state index contributed by atoms with van der Waals surface area (Å²) in [4.78, 5) is 14.9. The average Bonchev–Trinajstić information content (AvgIpc) is 2.90. The standard InChI is InChI=1S/C21H26N2O/c1-4-16-10-8-11-17(5-2)21(16)22-20(24)14-23-15(3)13-18-9-6-7-12-19(18)23/h6-12,15H,4-5,13-14H2,1-3H3,(H,22,24)/t15-/m1/s1. The maximum Gasteiger partial charge on any atom is 0.243 e. The molecule has 2 aromatic carbocycles. The van der Waals surface area contributed by atoms with E-state index in [4.69, 9.17) is 0 Å². The van der Waals surface area contributed by atoms with Gasteiger partial charge >= 0.3 is 0 Å². The highest BCUT2D eigenvalue weighted by Gasteiger charge is 2.27. The fourth-order valence-corrected chi connectivity index (χ4v) is 3.61. The lowest BCUT2D eigenvalue weighted by Gasteiger charge is -2.25. The van der Waals surface area contributed by atoms with Crippen molar-refractivity contribution in [2.45, 2.75) is 46.1 Å². The molecule has 0 spiro atoms. The van der Waals surface area contributed by atoms with E-state index in [1.54, 1.807) is 0 Å². The molecular formula is C21H26N2O. The number of amides is 1. The Balaban J connectivity index is 1.78. The van der Waals surface area contributed by atoms with E-state index >= 15 is 0 Å². The summed E-state index contributed by atoms with van der Waals surface area (Å²) < 4.78 is 0. The van der Waals surface area contributed by atoms with Gasteiger partial charge in [0.1, 0.15) is 0 Å². The summed E-state index contributed by atoms with van der Waals surface area (Å²) in [6.45, 7) is 6.84. The van der Waals surface area contributed by atoms with Crippen molar-refractivity contribution in [1.82, 2.24) is 0 Å². The second kappa shape index (κ2) is 7.08. The molecule has 1 N–H and O–H groups in total. The van der Waals surface area contributed by atoms with Crippen LogP contribution in [-0.2, 0) is 24.1 Å². The fourth-order valence-electron chi connectivity index (χ4n) is 3.61. The van der Waals surface area contributed by atoms with Crippen molar-refractivity contribution in [3.8, 4) is 0 Å². The van der Waals surface area contributed by atoms with Gasteiger partial charge in [0.05, 0.1) is 6.54 Å². The Hall–Kier alpha value is -2.29. The average molecular weight is 322 g/mol. The van der Waals surface area contributed by atoms with Gasteiger partial charge in [-0.3, -0.25) is 4.79 Å². The predicted octanol–water partition coefficient (Wildman–Crippen LogP) is 4.20. The van der Waals surface area contributed by atoms with Crippen molar-refractivity contribution in [2.75, 3.05) is 16.8 Å². The number of benzene rings is 2. The number of nitrogens with zero attached hydrogens (tertiary/aromatic N) is 1. The largest absolute Gasteiger partial charge is 0.359 e. The van der Waals surface area contributed by atoms with Crippen LogP contribution in [0.1, 0.15) is 37.5 Å². The molecule has 0 bridgehead atoms. The molecule has 0 fully saturated rings. The highest BCUT2D eigenvalue weighted by Crippen LogP contribution is 2.31. The Morgan fingerprint density at radius 2 is 1.75 bits per heavy atom. The Bertz CT molecular complexity index is 716. The minimum Gasteiger partial charge on any atom is -0.359 e. The Kier molecular flexibility index (Phi) is 4.89. The van der Waals surface area contributed by atoms with E-state index in [9.17, 15) is 4.79 Å². The van der Waals surface area contributed by atoms with E-state index in [-0.39, 0.29) is 5.91 Å². The lowest BCUT2D eigenvalue weighted by Crippen LogP contribution is -2.37. The summed E-state index contributed by atoms with van der Waals surface area (Å²) in [7, 11) is 0. The van der Waals surface area contributed by atoms with Crippen LogP contribution in [0, 0.1) is 0 Å². The number of para-hydroxylation sites is 2. The van der Waals surface area contributed by atoms with E-state index in [1.807, 2.05) is 6.07 Å². The molecule has 3 heteroatoms. The van der Waals surface area contributed by atoms with Crippen LogP contribution < -0.4 is 10.2 Å².